The molecule has 0 amide bonds. The zero-order valence-electron chi connectivity index (χ0n) is 11.1. The van der Waals surface area contributed by atoms with Crippen LogP contribution in [0, 0.1) is 5.92 Å². The van der Waals surface area contributed by atoms with E-state index < -0.39 is 9.84 Å². The molecule has 102 valence electrons. The Hall–Kier alpha value is -0.130. The number of nitrogens with one attached hydrogen (secondary N) is 1. The maximum absolute atomic E-state index is 11.3. The Bertz CT molecular complexity index is 300. The van der Waals surface area contributed by atoms with Gasteiger partial charge in [-0.05, 0) is 25.7 Å². The second kappa shape index (κ2) is 6.71. The lowest BCUT2D eigenvalue weighted by Crippen LogP contribution is -2.47. The van der Waals surface area contributed by atoms with Gasteiger partial charge in [-0.3, -0.25) is 0 Å². The molecule has 4 nitrogen and oxygen atoms in total. The summed E-state index contributed by atoms with van der Waals surface area (Å²) >= 11 is 0. The topological polar surface area (TPSA) is 55.4 Å². The van der Waals surface area contributed by atoms with E-state index in [0.29, 0.717) is 36.1 Å². The molecule has 5 heteroatoms. The van der Waals surface area contributed by atoms with Crippen molar-refractivity contribution in [3.05, 3.63) is 0 Å². The molecule has 0 aliphatic carbocycles. The van der Waals surface area contributed by atoms with E-state index in [1.807, 2.05) is 6.92 Å². The summed E-state index contributed by atoms with van der Waals surface area (Å²) in [7, 11) is -2.76. The first kappa shape index (κ1) is 14.9. The Labute approximate surface area is 105 Å². The van der Waals surface area contributed by atoms with E-state index in [0.717, 1.165) is 19.4 Å². The summed E-state index contributed by atoms with van der Waals surface area (Å²) in [6, 6.07) is 0.645. The van der Waals surface area contributed by atoms with Crippen LogP contribution in [0.4, 0.5) is 0 Å². The predicted molar refractivity (Wildman–Crippen MR) is 69.9 cm³/mol. The number of sulfone groups is 1. The molecule has 0 spiro atoms. The van der Waals surface area contributed by atoms with E-state index in [-0.39, 0.29) is 0 Å². The molecule has 17 heavy (non-hydrogen) atoms. The van der Waals surface area contributed by atoms with E-state index in [1.54, 1.807) is 0 Å². The molecule has 1 rings (SSSR count). The van der Waals surface area contributed by atoms with E-state index in [1.165, 1.54) is 0 Å². The SMILES string of the molecule is CCOCC(NC1CCS(=O)(=O)CC1)C(C)C. The zero-order valence-corrected chi connectivity index (χ0v) is 11.9. The standard InChI is InChI=1S/C12H25NO3S/c1-4-16-9-12(10(2)3)13-11-5-7-17(14,15)8-6-11/h10-13H,4-9H2,1-3H3. The molecule has 0 bridgehead atoms. The van der Waals surface area contributed by atoms with Gasteiger partial charge in [0, 0.05) is 18.7 Å². The first-order chi connectivity index (χ1) is 7.94. The van der Waals surface area contributed by atoms with Crippen molar-refractivity contribution in [3.8, 4) is 0 Å². The molecule has 1 saturated heterocycles. The van der Waals surface area contributed by atoms with Crippen LogP contribution in [-0.2, 0) is 14.6 Å². The molecule has 0 aromatic rings. The van der Waals surface area contributed by atoms with Gasteiger partial charge in [0.2, 0.25) is 0 Å². The van der Waals surface area contributed by atoms with Crippen molar-refractivity contribution >= 4 is 9.84 Å². The molecule has 1 N–H and O–H groups in total. The molecule has 0 aromatic carbocycles. The highest BCUT2D eigenvalue weighted by molar-refractivity contribution is 7.91. The first-order valence-corrected chi connectivity index (χ1v) is 8.31. The van der Waals surface area contributed by atoms with Crippen LogP contribution in [0.25, 0.3) is 0 Å². The van der Waals surface area contributed by atoms with Crippen molar-refractivity contribution in [2.45, 2.75) is 45.7 Å². The van der Waals surface area contributed by atoms with Crippen LogP contribution in [0.2, 0.25) is 0 Å². The molecule has 1 aliphatic heterocycles. The van der Waals surface area contributed by atoms with Gasteiger partial charge in [0.05, 0.1) is 18.1 Å². The van der Waals surface area contributed by atoms with Gasteiger partial charge in [0.15, 0.2) is 0 Å². The van der Waals surface area contributed by atoms with Gasteiger partial charge in [-0.15, -0.1) is 0 Å². The minimum atomic E-state index is -2.76. The summed E-state index contributed by atoms with van der Waals surface area (Å²) < 4.78 is 28.1. The van der Waals surface area contributed by atoms with Crippen LogP contribution >= 0.6 is 0 Å². The molecule has 1 aliphatic rings. The van der Waals surface area contributed by atoms with Crippen LogP contribution in [0.3, 0.4) is 0 Å². The van der Waals surface area contributed by atoms with Crippen LogP contribution in [0.1, 0.15) is 33.6 Å². The average Bonchev–Trinajstić information content (AvgIpc) is 2.26. The lowest BCUT2D eigenvalue weighted by atomic mass is 10.0. The second-order valence-corrected chi connectivity index (χ2v) is 7.41. The van der Waals surface area contributed by atoms with Crippen LogP contribution in [0.15, 0.2) is 0 Å². The van der Waals surface area contributed by atoms with Crippen LogP contribution in [0.5, 0.6) is 0 Å². The maximum Gasteiger partial charge on any atom is 0.150 e. The fourth-order valence-electron chi connectivity index (χ4n) is 2.04. The molecule has 0 aromatic heterocycles. The lowest BCUT2D eigenvalue weighted by molar-refractivity contribution is 0.102. The van der Waals surface area contributed by atoms with E-state index >= 15 is 0 Å². The monoisotopic (exact) mass is 263 g/mol. The van der Waals surface area contributed by atoms with Gasteiger partial charge in [0.25, 0.3) is 0 Å². The van der Waals surface area contributed by atoms with Crippen molar-refractivity contribution in [3.63, 3.8) is 0 Å². The fourth-order valence-corrected chi connectivity index (χ4v) is 3.53. The Balaban J connectivity index is 2.40. The Morgan fingerprint density at radius 2 is 1.88 bits per heavy atom. The third-order valence-electron chi connectivity index (χ3n) is 3.31. The van der Waals surface area contributed by atoms with E-state index in [9.17, 15) is 8.42 Å². The van der Waals surface area contributed by atoms with Gasteiger partial charge < -0.3 is 10.1 Å². The fraction of sp³-hybridized carbons (Fsp3) is 1.00. The molecule has 1 atom stereocenters. The Morgan fingerprint density at radius 3 is 2.35 bits per heavy atom. The van der Waals surface area contributed by atoms with Gasteiger partial charge in [-0.25, -0.2) is 8.42 Å². The predicted octanol–water partition coefficient (Wildman–Crippen LogP) is 1.21. The summed E-state index contributed by atoms with van der Waals surface area (Å²) in [5.74, 6) is 1.15. The lowest BCUT2D eigenvalue weighted by Gasteiger charge is -2.30. The summed E-state index contributed by atoms with van der Waals surface area (Å²) in [5, 5.41) is 3.54. The largest absolute Gasteiger partial charge is 0.380 e. The summed E-state index contributed by atoms with van der Waals surface area (Å²) in [5.41, 5.74) is 0. The number of rotatable bonds is 6. The van der Waals surface area contributed by atoms with Gasteiger partial charge in [-0.1, -0.05) is 13.8 Å². The quantitative estimate of drug-likeness (QED) is 0.783. The molecule has 0 saturated carbocycles. The minimum absolute atomic E-state index is 0.320. The average molecular weight is 263 g/mol. The van der Waals surface area contributed by atoms with Gasteiger partial charge >= 0.3 is 0 Å². The number of hydrogen-bond donors (Lipinski definition) is 1. The molecule has 0 radical (unpaired) electrons. The Kier molecular flexibility index (Phi) is 5.89. The molecular formula is C12H25NO3S. The van der Waals surface area contributed by atoms with Crippen molar-refractivity contribution in [1.29, 1.82) is 0 Å². The smallest absolute Gasteiger partial charge is 0.150 e. The summed E-state index contributed by atoms with van der Waals surface area (Å²) in [6.45, 7) is 7.75. The van der Waals surface area contributed by atoms with Crippen molar-refractivity contribution < 1.29 is 13.2 Å². The van der Waals surface area contributed by atoms with Crippen LogP contribution in [-0.4, -0.2) is 45.2 Å². The summed E-state index contributed by atoms with van der Waals surface area (Å²) in [4.78, 5) is 0. The number of hydrogen-bond acceptors (Lipinski definition) is 4. The molecule has 1 heterocycles. The highest BCUT2D eigenvalue weighted by Gasteiger charge is 2.26. The highest BCUT2D eigenvalue weighted by Crippen LogP contribution is 2.14. The third kappa shape index (κ3) is 5.36. The van der Waals surface area contributed by atoms with E-state index in [4.69, 9.17) is 4.74 Å². The van der Waals surface area contributed by atoms with Gasteiger partial charge in [-0.2, -0.15) is 0 Å². The number of ether oxygens (including phenoxy) is 1. The molecular weight excluding hydrogens is 238 g/mol. The van der Waals surface area contributed by atoms with Crippen molar-refractivity contribution in [1.82, 2.24) is 5.32 Å². The third-order valence-corrected chi connectivity index (χ3v) is 5.03. The molecule has 1 fully saturated rings. The highest BCUT2D eigenvalue weighted by atomic mass is 32.2. The van der Waals surface area contributed by atoms with E-state index in [2.05, 4.69) is 19.2 Å². The maximum atomic E-state index is 11.3. The van der Waals surface area contributed by atoms with Crippen molar-refractivity contribution in [2.75, 3.05) is 24.7 Å². The normalized spacial score (nSPS) is 22.8. The molecule has 1 unspecified atom stereocenters. The minimum Gasteiger partial charge on any atom is -0.380 e. The summed E-state index contributed by atoms with van der Waals surface area (Å²) in [6.07, 6.45) is 1.47. The zero-order chi connectivity index (χ0) is 12.9. The van der Waals surface area contributed by atoms with Gasteiger partial charge in [0.1, 0.15) is 9.84 Å². The van der Waals surface area contributed by atoms with Crippen LogP contribution < -0.4 is 5.32 Å². The Morgan fingerprint density at radius 1 is 1.29 bits per heavy atom. The second-order valence-electron chi connectivity index (χ2n) is 5.10. The first-order valence-electron chi connectivity index (χ1n) is 6.49. The van der Waals surface area contributed by atoms with Crippen molar-refractivity contribution in [2.24, 2.45) is 5.92 Å².